The Bertz CT molecular complexity index is 1400. The van der Waals surface area contributed by atoms with Gasteiger partial charge >= 0.3 is 6.03 Å². The minimum atomic E-state index is -0.849. The molecule has 0 radical (unpaired) electrons. The Labute approximate surface area is 224 Å². The molecule has 1 heterocycles. The van der Waals surface area contributed by atoms with Gasteiger partial charge in [0.2, 0.25) is 0 Å². The van der Waals surface area contributed by atoms with Crippen molar-refractivity contribution >= 4 is 52.8 Å². The van der Waals surface area contributed by atoms with Gasteiger partial charge in [0.15, 0.2) is 11.5 Å². The van der Waals surface area contributed by atoms with Crippen LogP contribution in [0.2, 0.25) is 10.0 Å². The molecule has 0 bridgehead atoms. The summed E-state index contributed by atoms with van der Waals surface area (Å²) >= 11 is 12.5. The van der Waals surface area contributed by atoms with E-state index in [1.54, 1.807) is 24.3 Å². The van der Waals surface area contributed by atoms with Gasteiger partial charge in [-0.1, -0.05) is 52.5 Å². The van der Waals surface area contributed by atoms with Crippen LogP contribution in [0.5, 0.6) is 11.5 Å². The Kier molecular flexibility index (Phi) is 7.86. The zero-order valence-corrected chi connectivity index (χ0v) is 21.9. The van der Waals surface area contributed by atoms with Gasteiger partial charge in [-0.15, -0.1) is 0 Å². The molecule has 190 valence electrons. The van der Waals surface area contributed by atoms with E-state index in [-0.39, 0.29) is 22.9 Å². The van der Waals surface area contributed by atoms with Crippen LogP contribution in [0.25, 0.3) is 6.08 Å². The lowest BCUT2D eigenvalue weighted by molar-refractivity contribution is -0.122. The first-order valence-electron chi connectivity index (χ1n) is 11.5. The second kappa shape index (κ2) is 11.1. The number of carbonyl (C=O) groups excluding carboxylic acids is 3. The Balaban J connectivity index is 1.66. The molecule has 1 aliphatic rings. The molecule has 4 amide bonds. The van der Waals surface area contributed by atoms with Gasteiger partial charge in [-0.05, 0) is 74.4 Å². The summed E-state index contributed by atoms with van der Waals surface area (Å²) in [5.41, 5.74) is 3.69. The van der Waals surface area contributed by atoms with Crippen LogP contribution in [0.3, 0.4) is 0 Å². The maximum absolute atomic E-state index is 13.2. The summed E-state index contributed by atoms with van der Waals surface area (Å²) in [6.07, 6.45) is 1.36. The molecular formula is C28H24Cl2N2O5. The lowest BCUT2D eigenvalue weighted by atomic mass is 10.1. The van der Waals surface area contributed by atoms with E-state index in [9.17, 15) is 14.4 Å². The third kappa shape index (κ3) is 5.96. The number of aryl methyl sites for hydroxylation is 2. The second-order valence-corrected chi connectivity index (χ2v) is 9.33. The molecule has 0 saturated carbocycles. The molecule has 7 nitrogen and oxygen atoms in total. The number of benzene rings is 3. The second-order valence-electron chi connectivity index (χ2n) is 8.48. The van der Waals surface area contributed by atoms with Crippen LogP contribution >= 0.6 is 23.2 Å². The number of hydrogen-bond donors (Lipinski definition) is 1. The highest BCUT2D eigenvalue weighted by molar-refractivity contribution is 6.39. The zero-order valence-electron chi connectivity index (χ0n) is 20.4. The number of rotatable bonds is 7. The molecule has 3 aromatic rings. The van der Waals surface area contributed by atoms with Crippen molar-refractivity contribution in [3.05, 3.63) is 92.5 Å². The van der Waals surface area contributed by atoms with E-state index in [4.69, 9.17) is 32.7 Å². The fourth-order valence-corrected chi connectivity index (χ4v) is 4.43. The van der Waals surface area contributed by atoms with Gasteiger partial charge in [-0.2, -0.15) is 0 Å². The molecule has 37 heavy (non-hydrogen) atoms. The van der Waals surface area contributed by atoms with Crippen LogP contribution in [0.15, 0.2) is 60.2 Å². The first-order chi connectivity index (χ1) is 17.7. The smallest absolute Gasteiger partial charge is 0.335 e. The molecule has 1 fully saturated rings. The van der Waals surface area contributed by atoms with E-state index in [0.29, 0.717) is 28.7 Å². The van der Waals surface area contributed by atoms with Gasteiger partial charge in [0.05, 0.1) is 17.3 Å². The summed E-state index contributed by atoms with van der Waals surface area (Å²) in [6.45, 7) is 6.47. The number of imide groups is 2. The van der Waals surface area contributed by atoms with Crippen molar-refractivity contribution in [3.8, 4) is 11.5 Å². The van der Waals surface area contributed by atoms with E-state index < -0.39 is 17.8 Å². The molecule has 0 aromatic heterocycles. The fourth-order valence-electron chi connectivity index (χ4n) is 4.03. The average Bonchev–Trinajstić information content (AvgIpc) is 2.82. The van der Waals surface area contributed by atoms with E-state index in [1.165, 1.54) is 18.2 Å². The van der Waals surface area contributed by atoms with Gasteiger partial charge < -0.3 is 9.47 Å². The molecular weight excluding hydrogens is 515 g/mol. The van der Waals surface area contributed by atoms with E-state index in [2.05, 4.69) is 11.4 Å². The standard InChI is InChI=1S/C28H24Cl2N2O5/c1-4-36-24-14-18(13-23(30)25(24)37-15-19-10-16(2)9-17(3)11-19)12-22-26(33)31-28(35)32(27(22)34)21-7-5-20(29)6-8-21/h5-14H,4,15H2,1-3H3,(H,31,33,35)/b22-12+. The molecule has 3 aromatic carbocycles. The molecule has 0 spiro atoms. The molecule has 9 heteroatoms. The van der Waals surface area contributed by atoms with E-state index in [1.807, 2.05) is 32.9 Å². The summed E-state index contributed by atoms with van der Waals surface area (Å²) in [5.74, 6) is -0.882. The number of halogens is 2. The van der Waals surface area contributed by atoms with Crippen molar-refractivity contribution in [1.29, 1.82) is 0 Å². The SMILES string of the molecule is CCOc1cc(/C=C2\C(=O)NC(=O)N(c3ccc(Cl)cc3)C2=O)cc(Cl)c1OCc1cc(C)cc(C)c1. The summed E-state index contributed by atoms with van der Waals surface area (Å²) in [6, 6.07) is 14.6. The summed E-state index contributed by atoms with van der Waals surface area (Å²) < 4.78 is 11.8. The van der Waals surface area contributed by atoms with Gasteiger partial charge in [-0.25, -0.2) is 9.69 Å². The van der Waals surface area contributed by atoms with Crippen molar-refractivity contribution in [3.63, 3.8) is 0 Å². The van der Waals surface area contributed by atoms with Gasteiger partial charge in [-0.3, -0.25) is 14.9 Å². The number of urea groups is 1. The normalized spacial score (nSPS) is 14.7. The molecule has 0 aliphatic carbocycles. The maximum Gasteiger partial charge on any atom is 0.335 e. The van der Waals surface area contributed by atoms with Crippen LogP contribution in [0.4, 0.5) is 10.5 Å². The lowest BCUT2D eigenvalue weighted by Crippen LogP contribution is -2.54. The van der Waals surface area contributed by atoms with E-state index in [0.717, 1.165) is 21.6 Å². The topological polar surface area (TPSA) is 84.9 Å². The largest absolute Gasteiger partial charge is 0.490 e. The van der Waals surface area contributed by atoms with Crippen molar-refractivity contribution in [2.24, 2.45) is 0 Å². The fraction of sp³-hybridized carbons (Fsp3) is 0.179. The lowest BCUT2D eigenvalue weighted by Gasteiger charge is -2.26. The van der Waals surface area contributed by atoms with Crippen LogP contribution in [-0.2, 0) is 16.2 Å². The number of ether oxygens (including phenoxy) is 2. The Morgan fingerprint density at radius 1 is 0.919 bits per heavy atom. The number of hydrogen-bond acceptors (Lipinski definition) is 5. The van der Waals surface area contributed by atoms with Crippen LogP contribution in [0.1, 0.15) is 29.2 Å². The number of barbiturate groups is 1. The minimum Gasteiger partial charge on any atom is -0.490 e. The Morgan fingerprint density at radius 2 is 1.59 bits per heavy atom. The summed E-state index contributed by atoms with van der Waals surface area (Å²) in [5, 5.41) is 2.88. The van der Waals surface area contributed by atoms with Crippen molar-refractivity contribution in [1.82, 2.24) is 5.32 Å². The molecule has 0 unspecified atom stereocenters. The number of amides is 4. The third-order valence-corrected chi connectivity index (χ3v) is 6.03. The Morgan fingerprint density at radius 3 is 2.24 bits per heavy atom. The number of carbonyl (C=O) groups is 3. The average molecular weight is 539 g/mol. The first kappa shape index (κ1) is 26.3. The molecule has 1 saturated heterocycles. The molecule has 0 atom stereocenters. The van der Waals surface area contributed by atoms with Gasteiger partial charge in [0, 0.05) is 5.02 Å². The first-order valence-corrected chi connectivity index (χ1v) is 12.2. The quantitative estimate of drug-likeness (QED) is 0.283. The van der Waals surface area contributed by atoms with Gasteiger partial charge in [0.25, 0.3) is 11.8 Å². The van der Waals surface area contributed by atoms with Crippen molar-refractivity contribution < 1.29 is 23.9 Å². The Hall–Kier alpha value is -3.81. The molecule has 4 rings (SSSR count). The minimum absolute atomic E-state index is 0.239. The van der Waals surface area contributed by atoms with E-state index >= 15 is 0 Å². The number of nitrogens with zero attached hydrogens (tertiary/aromatic N) is 1. The molecule has 1 aliphatic heterocycles. The number of nitrogens with one attached hydrogen (secondary N) is 1. The molecule has 1 N–H and O–H groups in total. The van der Waals surface area contributed by atoms with Crippen molar-refractivity contribution in [2.45, 2.75) is 27.4 Å². The van der Waals surface area contributed by atoms with Crippen molar-refractivity contribution in [2.75, 3.05) is 11.5 Å². The predicted molar refractivity (Wildman–Crippen MR) is 143 cm³/mol. The highest BCUT2D eigenvalue weighted by Crippen LogP contribution is 2.38. The summed E-state index contributed by atoms with van der Waals surface area (Å²) in [7, 11) is 0. The van der Waals surface area contributed by atoms with Crippen LogP contribution < -0.4 is 19.7 Å². The highest BCUT2D eigenvalue weighted by atomic mass is 35.5. The number of anilines is 1. The maximum atomic E-state index is 13.2. The van der Waals surface area contributed by atoms with Crippen LogP contribution in [-0.4, -0.2) is 24.5 Å². The monoisotopic (exact) mass is 538 g/mol. The predicted octanol–water partition coefficient (Wildman–Crippen LogP) is 6.25. The zero-order chi connectivity index (χ0) is 26.7. The summed E-state index contributed by atoms with van der Waals surface area (Å²) in [4.78, 5) is 39.0. The van der Waals surface area contributed by atoms with Crippen LogP contribution in [0, 0.1) is 13.8 Å². The highest BCUT2D eigenvalue weighted by Gasteiger charge is 2.36. The third-order valence-electron chi connectivity index (χ3n) is 5.49. The van der Waals surface area contributed by atoms with Gasteiger partial charge in [0.1, 0.15) is 12.2 Å².